The maximum absolute atomic E-state index is 12.4. The number of fused-ring (bicyclic) bond motifs is 1. The Kier molecular flexibility index (Phi) is 3.97. The largest absolute Gasteiger partial charge is 0.433 e. The van der Waals surface area contributed by atoms with Gasteiger partial charge in [-0.25, -0.2) is 9.78 Å². The molecule has 9 heteroatoms. The Hall–Kier alpha value is -2.16. The topological polar surface area (TPSA) is 71.7 Å². The fraction of sp³-hybridized carbons (Fsp3) is 0.385. The summed E-state index contributed by atoms with van der Waals surface area (Å²) in [5.74, 6) is 0.132. The molecule has 0 saturated carbocycles. The van der Waals surface area contributed by atoms with Crippen LogP contribution >= 0.6 is 11.3 Å². The highest BCUT2D eigenvalue weighted by Gasteiger charge is 2.22. The molecule has 0 atom stereocenters. The first-order valence-corrected chi connectivity index (χ1v) is 7.50. The van der Waals surface area contributed by atoms with E-state index < -0.39 is 12.6 Å². The zero-order chi connectivity index (χ0) is 15.7. The standard InChI is InChI=1S/C13H14F2N4O2S/c14-11(15)21-9-3-1-2-8-10(9)22-13(17-8)19-6-4-18(5-7-19)12(16)20/h1-3,11H,4-7H2,(H2,16,20). The quantitative estimate of drug-likeness (QED) is 0.936. The highest BCUT2D eigenvalue weighted by molar-refractivity contribution is 7.22. The van der Waals surface area contributed by atoms with Crippen LogP contribution in [-0.4, -0.2) is 48.7 Å². The molecule has 1 aliphatic rings. The third-order valence-corrected chi connectivity index (χ3v) is 4.59. The molecule has 0 radical (unpaired) electrons. The first kappa shape index (κ1) is 14.8. The fourth-order valence-corrected chi connectivity index (χ4v) is 3.43. The van der Waals surface area contributed by atoms with Gasteiger partial charge in [0.15, 0.2) is 5.13 Å². The van der Waals surface area contributed by atoms with Crippen LogP contribution in [0.5, 0.6) is 5.75 Å². The van der Waals surface area contributed by atoms with Crippen molar-refractivity contribution in [2.24, 2.45) is 5.73 Å². The van der Waals surface area contributed by atoms with Crippen LogP contribution in [0.15, 0.2) is 18.2 Å². The van der Waals surface area contributed by atoms with Crippen LogP contribution in [-0.2, 0) is 0 Å². The highest BCUT2D eigenvalue weighted by Crippen LogP contribution is 2.36. The molecule has 0 aliphatic carbocycles. The summed E-state index contributed by atoms with van der Waals surface area (Å²) in [7, 11) is 0. The molecular formula is C13H14F2N4O2S. The fourth-order valence-electron chi connectivity index (χ4n) is 2.35. The monoisotopic (exact) mass is 328 g/mol. The summed E-state index contributed by atoms with van der Waals surface area (Å²) in [5.41, 5.74) is 5.87. The average molecular weight is 328 g/mol. The summed E-state index contributed by atoms with van der Waals surface area (Å²) in [5, 5.41) is 0.726. The van der Waals surface area contributed by atoms with Crippen LogP contribution < -0.4 is 15.4 Å². The molecule has 1 aliphatic heterocycles. The Labute approximate surface area is 129 Å². The molecule has 2 heterocycles. The summed E-state index contributed by atoms with van der Waals surface area (Å²) in [6, 6.07) is 4.46. The summed E-state index contributed by atoms with van der Waals surface area (Å²) in [6.07, 6.45) is 0. The normalized spacial score (nSPS) is 15.6. The smallest absolute Gasteiger partial charge is 0.387 e. The number of primary amides is 1. The molecule has 0 bridgehead atoms. The number of nitrogens with two attached hydrogens (primary N) is 1. The van der Waals surface area contributed by atoms with Crippen LogP contribution in [0.1, 0.15) is 0 Å². The second kappa shape index (κ2) is 5.91. The lowest BCUT2D eigenvalue weighted by molar-refractivity contribution is -0.0486. The van der Waals surface area contributed by atoms with E-state index >= 15 is 0 Å². The maximum atomic E-state index is 12.4. The minimum atomic E-state index is -2.87. The van der Waals surface area contributed by atoms with E-state index in [1.54, 1.807) is 17.0 Å². The van der Waals surface area contributed by atoms with Gasteiger partial charge >= 0.3 is 12.6 Å². The Morgan fingerprint density at radius 1 is 1.32 bits per heavy atom. The third kappa shape index (κ3) is 2.89. The van der Waals surface area contributed by atoms with Crippen molar-refractivity contribution in [1.82, 2.24) is 9.88 Å². The van der Waals surface area contributed by atoms with Gasteiger partial charge in [-0.1, -0.05) is 17.4 Å². The summed E-state index contributed by atoms with van der Waals surface area (Å²) in [4.78, 5) is 19.1. The Morgan fingerprint density at radius 2 is 2.05 bits per heavy atom. The second-order valence-corrected chi connectivity index (χ2v) is 5.77. The van der Waals surface area contributed by atoms with Crippen molar-refractivity contribution in [3.05, 3.63) is 18.2 Å². The highest BCUT2D eigenvalue weighted by atomic mass is 32.1. The Balaban J connectivity index is 1.82. The van der Waals surface area contributed by atoms with E-state index in [-0.39, 0.29) is 5.75 Å². The first-order chi connectivity index (χ1) is 10.5. The molecule has 22 heavy (non-hydrogen) atoms. The van der Waals surface area contributed by atoms with E-state index in [4.69, 9.17) is 5.73 Å². The zero-order valence-electron chi connectivity index (χ0n) is 11.5. The molecule has 1 aromatic carbocycles. The Bertz CT molecular complexity index is 686. The van der Waals surface area contributed by atoms with Gasteiger partial charge in [0.2, 0.25) is 0 Å². The van der Waals surface area contributed by atoms with E-state index in [0.29, 0.717) is 36.4 Å². The molecule has 1 aromatic heterocycles. The minimum absolute atomic E-state index is 0.132. The summed E-state index contributed by atoms with van der Waals surface area (Å²) >= 11 is 1.30. The number of ether oxygens (including phenoxy) is 1. The van der Waals surface area contributed by atoms with Gasteiger partial charge in [0.1, 0.15) is 5.75 Å². The number of aromatic nitrogens is 1. The molecule has 0 spiro atoms. The number of anilines is 1. The number of amides is 2. The van der Waals surface area contributed by atoms with Gasteiger partial charge < -0.3 is 20.3 Å². The number of halogens is 2. The van der Waals surface area contributed by atoms with Crippen molar-refractivity contribution >= 4 is 32.7 Å². The van der Waals surface area contributed by atoms with Crippen LogP contribution in [0.4, 0.5) is 18.7 Å². The zero-order valence-corrected chi connectivity index (χ0v) is 12.4. The predicted molar refractivity (Wildman–Crippen MR) is 79.6 cm³/mol. The lowest BCUT2D eigenvalue weighted by Crippen LogP contribution is -2.50. The van der Waals surface area contributed by atoms with Gasteiger partial charge in [-0.05, 0) is 12.1 Å². The van der Waals surface area contributed by atoms with E-state index in [1.165, 1.54) is 17.4 Å². The molecule has 1 fully saturated rings. The van der Waals surface area contributed by atoms with Gasteiger partial charge in [0.05, 0.1) is 10.2 Å². The number of carbonyl (C=O) groups excluding carboxylic acids is 1. The number of hydrogen-bond donors (Lipinski definition) is 1. The Morgan fingerprint density at radius 3 is 2.68 bits per heavy atom. The average Bonchev–Trinajstić information content (AvgIpc) is 2.92. The van der Waals surface area contributed by atoms with E-state index in [9.17, 15) is 13.6 Å². The lowest BCUT2D eigenvalue weighted by Gasteiger charge is -2.33. The van der Waals surface area contributed by atoms with Gasteiger partial charge in [-0.15, -0.1) is 0 Å². The van der Waals surface area contributed by atoms with E-state index in [2.05, 4.69) is 9.72 Å². The molecule has 2 N–H and O–H groups in total. The molecular weight excluding hydrogens is 314 g/mol. The molecule has 2 aromatic rings. The molecule has 2 amide bonds. The number of piperazine rings is 1. The van der Waals surface area contributed by atoms with Crippen molar-refractivity contribution in [2.75, 3.05) is 31.1 Å². The molecule has 1 saturated heterocycles. The number of hydrogen-bond acceptors (Lipinski definition) is 5. The maximum Gasteiger partial charge on any atom is 0.387 e. The van der Waals surface area contributed by atoms with Crippen LogP contribution in [0.25, 0.3) is 10.2 Å². The number of alkyl halides is 2. The number of benzene rings is 1. The van der Waals surface area contributed by atoms with Crippen molar-refractivity contribution in [1.29, 1.82) is 0 Å². The van der Waals surface area contributed by atoms with Crippen molar-refractivity contribution < 1.29 is 18.3 Å². The number of urea groups is 1. The van der Waals surface area contributed by atoms with Crippen molar-refractivity contribution in [3.8, 4) is 5.75 Å². The van der Waals surface area contributed by atoms with Crippen LogP contribution in [0.3, 0.4) is 0 Å². The number of carbonyl (C=O) groups is 1. The SMILES string of the molecule is NC(=O)N1CCN(c2nc3cccc(OC(F)F)c3s2)CC1. The molecule has 118 valence electrons. The van der Waals surface area contributed by atoms with Crippen LogP contribution in [0.2, 0.25) is 0 Å². The third-order valence-electron chi connectivity index (χ3n) is 3.45. The lowest BCUT2D eigenvalue weighted by atomic mass is 10.3. The minimum Gasteiger partial charge on any atom is -0.433 e. The molecule has 3 rings (SSSR count). The molecule has 0 unspecified atom stereocenters. The van der Waals surface area contributed by atoms with Gasteiger partial charge in [0, 0.05) is 26.2 Å². The van der Waals surface area contributed by atoms with Crippen molar-refractivity contribution in [3.63, 3.8) is 0 Å². The first-order valence-electron chi connectivity index (χ1n) is 6.68. The molecule has 6 nitrogen and oxygen atoms in total. The predicted octanol–water partition coefficient (Wildman–Crippen LogP) is 2.10. The van der Waals surface area contributed by atoms with Gasteiger partial charge in [-0.2, -0.15) is 8.78 Å². The van der Waals surface area contributed by atoms with Gasteiger partial charge in [-0.3, -0.25) is 0 Å². The second-order valence-electron chi connectivity index (χ2n) is 4.79. The van der Waals surface area contributed by atoms with E-state index in [0.717, 1.165) is 5.13 Å². The van der Waals surface area contributed by atoms with Crippen molar-refractivity contribution in [2.45, 2.75) is 6.61 Å². The van der Waals surface area contributed by atoms with E-state index in [1.807, 2.05) is 4.90 Å². The number of nitrogens with zero attached hydrogens (tertiary/aromatic N) is 3. The van der Waals surface area contributed by atoms with Gasteiger partial charge in [0.25, 0.3) is 0 Å². The number of rotatable bonds is 3. The number of thiazole rings is 1. The van der Waals surface area contributed by atoms with Crippen LogP contribution in [0, 0.1) is 0 Å². The summed E-state index contributed by atoms with van der Waals surface area (Å²) in [6.45, 7) is -0.617. The summed E-state index contributed by atoms with van der Waals surface area (Å²) < 4.78 is 30.0.